The Bertz CT molecular complexity index is 1170. The first kappa shape index (κ1) is 20.2. The maximum absolute atomic E-state index is 13.4. The second-order valence-electron chi connectivity index (χ2n) is 7.19. The van der Waals surface area contributed by atoms with Gasteiger partial charge >= 0.3 is 0 Å². The van der Waals surface area contributed by atoms with E-state index in [1.807, 2.05) is 79.7 Å². The van der Waals surface area contributed by atoms with Crippen LogP contribution in [0.25, 0.3) is 22.5 Å². The van der Waals surface area contributed by atoms with E-state index in [-0.39, 0.29) is 5.82 Å². The lowest BCUT2D eigenvalue weighted by molar-refractivity contribution is 0.628. The summed E-state index contributed by atoms with van der Waals surface area (Å²) in [7, 11) is 4.00. The molecule has 0 aliphatic rings. The number of hydrogen-bond donors (Lipinski definition) is 1. The Morgan fingerprint density at radius 3 is 2.03 bits per heavy atom. The van der Waals surface area contributed by atoms with Crippen LogP contribution in [0.15, 0.2) is 90.0 Å². The second kappa shape index (κ2) is 9.17. The van der Waals surface area contributed by atoms with E-state index in [1.54, 1.807) is 18.3 Å². The van der Waals surface area contributed by atoms with Crippen LogP contribution in [0.1, 0.15) is 5.56 Å². The average Bonchev–Trinajstić information content (AvgIpc) is 2.80. The summed E-state index contributed by atoms with van der Waals surface area (Å²) in [6.07, 6.45) is 1.72. The summed E-state index contributed by atoms with van der Waals surface area (Å²) in [5.74, 6) is 0.0752. The monoisotopic (exact) mass is 411 g/mol. The molecule has 0 aliphatic carbocycles. The van der Waals surface area contributed by atoms with Gasteiger partial charge in [0.25, 0.3) is 0 Å². The van der Waals surface area contributed by atoms with Crippen molar-refractivity contribution in [1.82, 2.24) is 9.97 Å². The normalized spacial score (nSPS) is 10.9. The Labute approximate surface area is 180 Å². The first-order chi connectivity index (χ1) is 15.1. The maximum atomic E-state index is 13.4. The molecule has 31 heavy (non-hydrogen) atoms. The third-order valence-electron chi connectivity index (χ3n) is 4.72. The van der Waals surface area contributed by atoms with Crippen LogP contribution in [0.2, 0.25) is 0 Å². The molecule has 0 saturated carbocycles. The molecule has 0 radical (unpaired) electrons. The number of benzene rings is 3. The quantitative estimate of drug-likeness (QED) is 0.338. The van der Waals surface area contributed by atoms with Crippen molar-refractivity contribution >= 4 is 17.9 Å². The van der Waals surface area contributed by atoms with E-state index in [2.05, 4.69) is 20.5 Å². The van der Waals surface area contributed by atoms with E-state index in [4.69, 9.17) is 0 Å². The maximum Gasteiger partial charge on any atom is 0.244 e. The molecule has 1 heterocycles. The minimum atomic E-state index is -0.288. The van der Waals surface area contributed by atoms with Crippen LogP contribution in [-0.4, -0.2) is 30.3 Å². The summed E-state index contributed by atoms with van der Waals surface area (Å²) in [6, 6.07) is 26.0. The van der Waals surface area contributed by atoms with Crippen molar-refractivity contribution in [2.45, 2.75) is 0 Å². The third kappa shape index (κ3) is 5.11. The van der Waals surface area contributed by atoms with Crippen LogP contribution in [0.5, 0.6) is 0 Å². The number of nitrogens with one attached hydrogen (secondary N) is 1. The predicted molar refractivity (Wildman–Crippen MR) is 125 cm³/mol. The van der Waals surface area contributed by atoms with Gasteiger partial charge < -0.3 is 4.90 Å². The van der Waals surface area contributed by atoms with Gasteiger partial charge in [-0.25, -0.2) is 19.8 Å². The molecule has 6 heteroatoms. The molecular formula is C25H22FN5. The van der Waals surface area contributed by atoms with Gasteiger partial charge in [0.2, 0.25) is 5.95 Å². The van der Waals surface area contributed by atoms with Gasteiger partial charge in [0.15, 0.2) is 0 Å². The van der Waals surface area contributed by atoms with Gasteiger partial charge in [-0.1, -0.05) is 42.5 Å². The lowest BCUT2D eigenvalue weighted by atomic mass is 10.1. The number of halogens is 1. The fourth-order valence-corrected chi connectivity index (χ4v) is 3.05. The molecule has 0 saturated heterocycles. The molecule has 1 aromatic heterocycles. The molecule has 1 N–H and O–H groups in total. The smallest absolute Gasteiger partial charge is 0.244 e. The minimum Gasteiger partial charge on any atom is -0.378 e. The predicted octanol–water partition coefficient (Wildman–Crippen LogP) is 5.46. The number of nitrogens with zero attached hydrogens (tertiary/aromatic N) is 4. The zero-order valence-electron chi connectivity index (χ0n) is 17.3. The molecular weight excluding hydrogens is 389 g/mol. The van der Waals surface area contributed by atoms with Crippen LogP contribution >= 0.6 is 0 Å². The summed E-state index contributed by atoms with van der Waals surface area (Å²) in [6.45, 7) is 0. The number of rotatable bonds is 6. The van der Waals surface area contributed by atoms with Crippen LogP contribution in [0.4, 0.5) is 16.0 Å². The molecule has 0 atom stereocenters. The first-order valence-corrected chi connectivity index (χ1v) is 9.85. The highest BCUT2D eigenvalue weighted by atomic mass is 19.1. The van der Waals surface area contributed by atoms with E-state index in [0.717, 1.165) is 28.1 Å². The fourth-order valence-electron chi connectivity index (χ4n) is 3.05. The Morgan fingerprint density at radius 2 is 1.42 bits per heavy atom. The van der Waals surface area contributed by atoms with Gasteiger partial charge in [0.1, 0.15) is 5.82 Å². The summed E-state index contributed by atoms with van der Waals surface area (Å²) in [5.41, 5.74) is 8.19. The number of hydrazone groups is 1. The standard InChI is InChI=1S/C25H22FN5/c1-31(2)22-14-8-18(9-15-22)17-27-30-25-28-23(19-6-4-3-5-7-19)16-24(29-25)20-10-12-21(26)13-11-20/h3-17H,1-2H3,(H,28,29,30). The topological polar surface area (TPSA) is 53.4 Å². The Balaban J connectivity index is 1.63. The second-order valence-corrected chi connectivity index (χ2v) is 7.19. The van der Waals surface area contributed by atoms with E-state index >= 15 is 0 Å². The van der Waals surface area contributed by atoms with E-state index in [1.165, 1.54) is 12.1 Å². The Morgan fingerprint density at radius 1 is 0.806 bits per heavy atom. The fraction of sp³-hybridized carbons (Fsp3) is 0.0800. The van der Waals surface area contributed by atoms with E-state index in [9.17, 15) is 4.39 Å². The van der Waals surface area contributed by atoms with Gasteiger partial charge in [-0.05, 0) is 48.0 Å². The molecule has 0 fully saturated rings. The van der Waals surface area contributed by atoms with Crippen molar-refractivity contribution in [3.05, 3.63) is 96.3 Å². The number of anilines is 2. The van der Waals surface area contributed by atoms with Crippen molar-refractivity contribution in [3.63, 3.8) is 0 Å². The van der Waals surface area contributed by atoms with Crippen LogP contribution in [0.3, 0.4) is 0 Å². The largest absolute Gasteiger partial charge is 0.378 e. The molecule has 154 valence electrons. The van der Waals surface area contributed by atoms with E-state index < -0.39 is 0 Å². The summed E-state index contributed by atoms with van der Waals surface area (Å²) in [5, 5.41) is 4.30. The summed E-state index contributed by atoms with van der Waals surface area (Å²) >= 11 is 0. The van der Waals surface area contributed by atoms with Crippen molar-refractivity contribution in [1.29, 1.82) is 0 Å². The first-order valence-electron chi connectivity index (χ1n) is 9.85. The van der Waals surface area contributed by atoms with Crippen molar-refractivity contribution < 1.29 is 4.39 Å². The van der Waals surface area contributed by atoms with Gasteiger partial charge in [0, 0.05) is 30.9 Å². The average molecular weight is 411 g/mol. The lowest BCUT2D eigenvalue weighted by Gasteiger charge is -2.11. The lowest BCUT2D eigenvalue weighted by Crippen LogP contribution is -2.08. The van der Waals surface area contributed by atoms with Crippen molar-refractivity contribution in [2.75, 3.05) is 24.4 Å². The Hall–Kier alpha value is -4.06. The van der Waals surface area contributed by atoms with Crippen LogP contribution in [-0.2, 0) is 0 Å². The SMILES string of the molecule is CN(C)c1ccc(C=NNc2nc(-c3ccccc3)cc(-c3ccc(F)cc3)n2)cc1. The highest BCUT2D eigenvalue weighted by Gasteiger charge is 2.08. The van der Waals surface area contributed by atoms with Gasteiger partial charge in [-0.2, -0.15) is 5.10 Å². The van der Waals surface area contributed by atoms with Gasteiger partial charge in [-0.3, -0.25) is 0 Å². The molecule has 0 amide bonds. The molecule has 0 bridgehead atoms. The molecule has 4 rings (SSSR count). The van der Waals surface area contributed by atoms with Crippen LogP contribution < -0.4 is 10.3 Å². The van der Waals surface area contributed by atoms with Gasteiger partial charge in [-0.15, -0.1) is 0 Å². The summed E-state index contributed by atoms with van der Waals surface area (Å²) in [4.78, 5) is 11.2. The van der Waals surface area contributed by atoms with Crippen molar-refractivity contribution in [2.24, 2.45) is 5.10 Å². The highest BCUT2D eigenvalue weighted by Crippen LogP contribution is 2.25. The molecule has 5 nitrogen and oxygen atoms in total. The molecule has 0 aliphatic heterocycles. The van der Waals surface area contributed by atoms with Crippen LogP contribution in [0, 0.1) is 5.82 Å². The van der Waals surface area contributed by atoms with Crippen molar-refractivity contribution in [3.8, 4) is 22.5 Å². The minimum absolute atomic E-state index is 0.288. The molecule has 4 aromatic rings. The summed E-state index contributed by atoms with van der Waals surface area (Å²) < 4.78 is 13.4. The number of hydrogen-bond acceptors (Lipinski definition) is 5. The van der Waals surface area contributed by atoms with E-state index in [0.29, 0.717) is 11.6 Å². The zero-order valence-corrected chi connectivity index (χ0v) is 17.3. The Kier molecular flexibility index (Phi) is 5.98. The molecule has 0 unspecified atom stereocenters. The van der Waals surface area contributed by atoms with Gasteiger partial charge in [0.05, 0.1) is 17.6 Å². The zero-order chi connectivity index (χ0) is 21.6. The number of aromatic nitrogens is 2. The highest BCUT2D eigenvalue weighted by molar-refractivity contribution is 5.81. The molecule has 0 spiro atoms. The third-order valence-corrected chi connectivity index (χ3v) is 4.72. The molecule has 3 aromatic carbocycles.